The molecule has 1 aromatic heterocycles. The second-order valence-corrected chi connectivity index (χ2v) is 5.14. The molecule has 2 aromatic rings. The van der Waals surface area contributed by atoms with Gasteiger partial charge in [0.05, 0.1) is 24.5 Å². The standard InChI is InChI=1S/C16H17N3O3/c1-4-22-16(21)14-12-9-19(10(2)20)13-8-6-5-7-11(13)15(12)18(3)17-14/h5-8H,4,9H2,1-3H3. The summed E-state index contributed by atoms with van der Waals surface area (Å²) in [7, 11) is 1.79. The van der Waals surface area contributed by atoms with Gasteiger partial charge in [-0.3, -0.25) is 9.48 Å². The van der Waals surface area contributed by atoms with E-state index in [1.807, 2.05) is 24.3 Å². The van der Waals surface area contributed by atoms with Gasteiger partial charge in [-0.25, -0.2) is 4.79 Å². The summed E-state index contributed by atoms with van der Waals surface area (Å²) < 4.78 is 6.75. The third-order valence-electron chi connectivity index (χ3n) is 3.76. The molecule has 6 nitrogen and oxygen atoms in total. The number of hydrogen-bond donors (Lipinski definition) is 0. The Morgan fingerprint density at radius 3 is 2.73 bits per heavy atom. The molecule has 0 spiro atoms. The first-order valence-corrected chi connectivity index (χ1v) is 7.15. The number of ether oxygens (including phenoxy) is 1. The minimum Gasteiger partial charge on any atom is -0.461 e. The van der Waals surface area contributed by atoms with E-state index >= 15 is 0 Å². The summed E-state index contributed by atoms with van der Waals surface area (Å²) >= 11 is 0. The topological polar surface area (TPSA) is 64.4 Å². The van der Waals surface area contributed by atoms with Crippen LogP contribution in [0.1, 0.15) is 29.9 Å². The number of nitrogens with zero attached hydrogens (tertiary/aromatic N) is 3. The van der Waals surface area contributed by atoms with Crippen LogP contribution in [-0.4, -0.2) is 28.3 Å². The number of para-hydroxylation sites is 1. The summed E-state index contributed by atoms with van der Waals surface area (Å²) in [5.74, 6) is -0.529. The van der Waals surface area contributed by atoms with E-state index in [9.17, 15) is 9.59 Å². The lowest BCUT2D eigenvalue weighted by molar-refractivity contribution is -0.116. The summed E-state index contributed by atoms with van der Waals surface area (Å²) in [4.78, 5) is 25.7. The van der Waals surface area contributed by atoms with Crippen LogP contribution in [0.3, 0.4) is 0 Å². The first kappa shape index (κ1) is 14.3. The molecule has 2 heterocycles. The monoisotopic (exact) mass is 299 g/mol. The van der Waals surface area contributed by atoms with Gasteiger partial charge in [-0.2, -0.15) is 5.10 Å². The Kier molecular flexibility index (Phi) is 3.44. The van der Waals surface area contributed by atoms with Crippen molar-refractivity contribution in [1.82, 2.24) is 9.78 Å². The van der Waals surface area contributed by atoms with Crippen LogP contribution in [0.15, 0.2) is 24.3 Å². The van der Waals surface area contributed by atoms with E-state index in [1.165, 1.54) is 6.92 Å². The van der Waals surface area contributed by atoms with Gasteiger partial charge in [0.25, 0.3) is 0 Å². The molecule has 0 aliphatic carbocycles. The van der Waals surface area contributed by atoms with Crippen molar-refractivity contribution in [3.05, 3.63) is 35.5 Å². The first-order valence-electron chi connectivity index (χ1n) is 7.15. The van der Waals surface area contributed by atoms with E-state index in [0.29, 0.717) is 6.54 Å². The summed E-state index contributed by atoms with van der Waals surface area (Å²) in [6.07, 6.45) is 0. The maximum absolute atomic E-state index is 12.1. The second-order valence-electron chi connectivity index (χ2n) is 5.14. The Morgan fingerprint density at radius 1 is 1.32 bits per heavy atom. The van der Waals surface area contributed by atoms with Crippen molar-refractivity contribution in [2.75, 3.05) is 11.5 Å². The molecule has 1 aromatic carbocycles. The van der Waals surface area contributed by atoms with Crippen LogP contribution in [0.5, 0.6) is 0 Å². The largest absolute Gasteiger partial charge is 0.461 e. The highest BCUT2D eigenvalue weighted by atomic mass is 16.5. The van der Waals surface area contributed by atoms with Crippen molar-refractivity contribution < 1.29 is 14.3 Å². The number of fused-ring (bicyclic) bond motifs is 3. The Hall–Kier alpha value is -2.63. The molecule has 0 saturated heterocycles. The molecule has 0 atom stereocenters. The second kappa shape index (κ2) is 5.29. The van der Waals surface area contributed by atoms with Crippen molar-refractivity contribution >= 4 is 17.6 Å². The minimum absolute atomic E-state index is 0.0724. The van der Waals surface area contributed by atoms with E-state index in [0.717, 1.165) is 22.5 Å². The van der Waals surface area contributed by atoms with Crippen molar-refractivity contribution in [2.24, 2.45) is 7.05 Å². The van der Waals surface area contributed by atoms with Crippen LogP contribution in [-0.2, 0) is 23.1 Å². The van der Waals surface area contributed by atoms with Gasteiger partial charge in [0.15, 0.2) is 5.69 Å². The first-order chi connectivity index (χ1) is 10.5. The minimum atomic E-state index is -0.456. The molecule has 0 saturated carbocycles. The number of hydrogen-bond acceptors (Lipinski definition) is 4. The molecule has 114 valence electrons. The van der Waals surface area contributed by atoms with Gasteiger partial charge in [-0.05, 0) is 13.0 Å². The lowest BCUT2D eigenvalue weighted by atomic mass is 9.98. The number of carbonyl (C=O) groups is 2. The van der Waals surface area contributed by atoms with Crippen molar-refractivity contribution in [1.29, 1.82) is 0 Å². The van der Waals surface area contributed by atoms with Gasteiger partial charge >= 0.3 is 5.97 Å². The van der Waals surface area contributed by atoms with Crippen LogP contribution < -0.4 is 4.90 Å². The Balaban J connectivity index is 2.21. The predicted molar refractivity (Wildman–Crippen MR) is 81.5 cm³/mol. The number of anilines is 1. The highest BCUT2D eigenvalue weighted by Crippen LogP contribution is 2.40. The van der Waals surface area contributed by atoms with Gasteiger partial charge in [-0.1, -0.05) is 18.2 Å². The third-order valence-corrected chi connectivity index (χ3v) is 3.76. The average Bonchev–Trinajstić information content (AvgIpc) is 2.84. The molecule has 0 unspecified atom stereocenters. The lowest BCUT2D eigenvalue weighted by Gasteiger charge is -2.29. The number of amides is 1. The molecule has 0 bridgehead atoms. The number of rotatable bonds is 2. The maximum Gasteiger partial charge on any atom is 0.359 e. The molecule has 0 radical (unpaired) electrons. The fourth-order valence-corrected chi connectivity index (χ4v) is 2.85. The van der Waals surface area contributed by atoms with Gasteiger partial charge in [0, 0.05) is 25.1 Å². The van der Waals surface area contributed by atoms with Crippen LogP contribution >= 0.6 is 0 Å². The molecule has 1 aliphatic rings. The van der Waals surface area contributed by atoms with E-state index in [2.05, 4.69) is 5.10 Å². The number of esters is 1. The van der Waals surface area contributed by atoms with Crippen LogP contribution in [0.4, 0.5) is 5.69 Å². The molecular formula is C16H17N3O3. The zero-order valence-corrected chi connectivity index (χ0v) is 12.8. The van der Waals surface area contributed by atoms with Crippen LogP contribution in [0.25, 0.3) is 11.3 Å². The van der Waals surface area contributed by atoms with Gasteiger partial charge in [0.2, 0.25) is 5.91 Å². The summed E-state index contributed by atoms with van der Waals surface area (Å²) in [5.41, 5.74) is 3.59. The fourth-order valence-electron chi connectivity index (χ4n) is 2.85. The summed E-state index contributed by atoms with van der Waals surface area (Å²) in [6, 6.07) is 7.63. The zero-order chi connectivity index (χ0) is 15.9. The van der Waals surface area contributed by atoms with Crippen molar-refractivity contribution in [3.63, 3.8) is 0 Å². The van der Waals surface area contributed by atoms with Gasteiger partial charge in [-0.15, -0.1) is 0 Å². The Bertz CT molecular complexity index is 764. The fraction of sp³-hybridized carbons (Fsp3) is 0.312. The molecule has 0 N–H and O–H groups in total. The Morgan fingerprint density at radius 2 is 2.05 bits per heavy atom. The number of benzene rings is 1. The highest BCUT2D eigenvalue weighted by molar-refractivity contribution is 6.01. The van der Waals surface area contributed by atoms with E-state index in [4.69, 9.17) is 4.74 Å². The normalized spacial score (nSPS) is 12.6. The van der Waals surface area contributed by atoms with Gasteiger partial charge < -0.3 is 9.64 Å². The predicted octanol–water partition coefficient (Wildman–Crippen LogP) is 2.13. The van der Waals surface area contributed by atoms with Crippen LogP contribution in [0.2, 0.25) is 0 Å². The van der Waals surface area contributed by atoms with Gasteiger partial charge in [0.1, 0.15) is 0 Å². The number of aryl methyl sites for hydroxylation is 1. The number of carbonyl (C=O) groups excluding carboxylic acids is 2. The molecule has 1 aliphatic heterocycles. The lowest BCUT2D eigenvalue weighted by Crippen LogP contribution is -2.31. The number of aromatic nitrogens is 2. The van der Waals surface area contributed by atoms with Crippen LogP contribution in [0, 0.1) is 0 Å². The average molecular weight is 299 g/mol. The van der Waals surface area contributed by atoms with E-state index in [1.54, 1.807) is 23.6 Å². The molecule has 22 heavy (non-hydrogen) atoms. The van der Waals surface area contributed by atoms with E-state index < -0.39 is 5.97 Å². The SMILES string of the molecule is CCOC(=O)c1nn(C)c2c1CN(C(C)=O)c1ccccc1-2. The van der Waals surface area contributed by atoms with Crippen molar-refractivity contribution in [3.8, 4) is 11.3 Å². The molecular weight excluding hydrogens is 282 g/mol. The maximum atomic E-state index is 12.1. The summed E-state index contributed by atoms with van der Waals surface area (Å²) in [5, 5.41) is 4.31. The smallest absolute Gasteiger partial charge is 0.359 e. The van der Waals surface area contributed by atoms with Crippen molar-refractivity contribution in [2.45, 2.75) is 20.4 Å². The third kappa shape index (κ3) is 2.07. The molecule has 3 rings (SSSR count). The quantitative estimate of drug-likeness (QED) is 0.797. The highest BCUT2D eigenvalue weighted by Gasteiger charge is 2.32. The van der Waals surface area contributed by atoms with E-state index in [-0.39, 0.29) is 18.2 Å². The Labute approximate surface area is 128 Å². The summed E-state index contributed by atoms with van der Waals surface area (Å²) in [6.45, 7) is 3.88. The molecule has 6 heteroatoms. The molecule has 0 fully saturated rings. The molecule has 1 amide bonds. The zero-order valence-electron chi connectivity index (χ0n) is 12.8.